The quantitative estimate of drug-likeness (QED) is 0.765. The van der Waals surface area contributed by atoms with Crippen LogP contribution in [0, 0.1) is 0 Å². The molecule has 19 heavy (non-hydrogen) atoms. The maximum atomic E-state index is 11.8. The highest BCUT2D eigenvalue weighted by Crippen LogP contribution is 2.11. The molecule has 0 saturated carbocycles. The molecule has 0 fully saturated rings. The van der Waals surface area contributed by atoms with Gasteiger partial charge in [0.25, 0.3) is 5.91 Å². The van der Waals surface area contributed by atoms with E-state index in [0.717, 1.165) is 30.2 Å². The lowest BCUT2D eigenvalue weighted by atomic mass is 10.2. The number of carbonyl (C=O) groups is 1. The van der Waals surface area contributed by atoms with Crippen LogP contribution in [-0.2, 0) is 0 Å². The number of anilines is 1. The SMILES string of the molecule is O=C(Nc1ccc(C2=NCCN2)cc1)c1ncc[nH]1. The summed E-state index contributed by atoms with van der Waals surface area (Å²) in [7, 11) is 0. The van der Waals surface area contributed by atoms with E-state index in [1.165, 1.54) is 0 Å². The van der Waals surface area contributed by atoms with E-state index in [9.17, 15) is 4.79 Å². The van der Waals surface area contributed by atoms with Crippen LogP contribution in [0.2, 0.25) is 0 Å². The van der Waals surface area contributed by atoms with Gasteiger partial charge in [-0.05, 0) is 24.3 Å². The Morgan fingerprint density at radius 2 is 2.11 bits per heavy atom. The molecule has 1 aromatic carbocycles. The smallest absolute Gasteiger partial charge is 0.291 e. The highest BCUT2D eigenvalue weighted by atomic mass is 16.2. The molecule has 0 aliphatic carbocycles. The van der Waals surface area contributed by atoms with Crippen LogP contribution in [-0.4, -0.2) is 34.8 Å². The second-order valence-electron chi connectivity index (χ2n) is 4.13. The summed E-state index contributed by atoms with van der Waals surface area (Å²) in [5.41, 5.74) is 1.75. The molecule has 1 aliphatic heterocycles. The molecule has 1 aliphatic rings. The van der Waals surface area contributed by atoms with Crippen molar-refractivity contribution in [2.75, 3.05) is 18.4 Å². The third kappa shape index (κ3) is 2.47. The zero-order valence-electron chi connectivity index (χ0n) is 10.2. The highest BCUT2D eigenvalue weighted by molar-refractivity contribution is 6.03. The highest BCUT2D eigenvalue weighted by Gasteiger charge is 2.10. The fourth-order valence-electron chi connectivity index (χ4n) is 1.88. The summed E-state index contributed by atoms with van der Waals surface area (Å²) in [5.74, 6) is 0.948. The first-order chi connectivity index (χ1) is 9.33. The van der Waals surface area contributed by atoms with E-state index in [-0.39, 0.29) is 5.91 Å². The Morgan fingerprint density at radius 3 is 2.74 bits per heavy atom. The Hall–Kier alpha value is -2.63. The molecule has 6 heteroatoms. The van der Waals surface area contributed by atoms with Crippen LogP contribution in [0.5, 0.6) is 0 Å². The fourth-order valence-corrected chi connectivity index (χ4v) is 1.88. The summed E-state index contributed by atoms with van der Waals surface area (Å²) >= 11 is 0. The minimum Gasteiger partial charge on any atom is -0.368 e. The average molecular weight is 255 g/mol. The number of amides is 1. The standard InChI is InChI=1S/C13H13N5O/c19-13(12-16-7-8-17-12)18-10-3-1-9(2-4-10)11-14-5-6-15-11/h1-4,7-8H,5-6H2,(H,14,15)(H,16,17)(H,18,19). The summed E-state index contributed by atoms with van der Waals surface area (Å²) in [6, 6.07) is 7.54. The van der Waals surface area contributed by atoms with Gasteiger partial charge < -0.3 is 15.6 Å². The van der Waals surface area contributed by atoms with Gasteiger partial charge >= 0.3 is 0 Å². The van der Waals surface area contributed by atoms with Crippen molar-refractivity contribution in [1.29, 1.82) is 0 Å². The number of H-pyrrole nitrogens is 1. The number of aromatic nitrogens is 2. The zero-order chi connectivity index (χ0) is 13.1. The van der Waals surface area contributed by atoms with Crippen LogP contribution in [0.25, 0.3) is 0 Å². The number of imidazole rings is 1. The van der Waals surface area contributed by atoms with Gasteiger partial charge in [-0.25, -0.2) is 4.98 Å². The number of rotatable bonds is 3. The number of benzene rings is 1. The van der Waals surface area contributed by atoms with Crippen molar-refractivity contribution >= 4 is 17.4 Å². The third-order valence-electron chi connectivity index (χ3n) is 2.80. The number of aromatic amines is 1. The van der Waals surface area contributed by atoms with Crippen molar-refractivity contribution in [1.82, 2.24) is 15.3 Å². The number of nitrogens with zero attached hydrogens (tertiary/aromatic N) is 2. The summed E-state index contributed by atoms with van der Waals surface area (Å²) in [5, 5.41) is 5.97. The molecule has 96 valence electrons. The van der Waals surface area contributed by atoms with Crippen molar-refractivity contribution in [3.8, 4) is 0 Å². The van der Waals surface area contributed by atoms with Gasteiger partial charge in [0.15, 0.2) is 5.82 Å². The molecule has 3 rings (SSSR count). The number of carbonyl (C=O) groups excluding carboxylic acids is 1. The second-order valence-corrected chi connectivity index (χ2v) is 4.13. The van der Waals surface area contributed by atoms with E-state index in [1.54, 1.807) is 12.4 Å². The summed E-state index contributed by atoms with van der Waals surface area (Å²) in [4.78, 5) is 22.8. The van der Waals surface area contributed by atoms with Gasteiger partial charge in [0.1, 0.15) is 5.84 Å². The van der Waals surface area contributed by atoms with E-state index < -0.39 is 0 Å². The minimum atomic E-state index is -0.255. The van der Waals surface area contributed by atoms with Gasteiger partial charge in [-0.1, -0.05) is 0 Å². The minimum absolute atomic E-state index is 0.255. The predicted molar refractivity (Wildman–Crippen MR) is 72.4 cm³/mol. The summed E-state index contributed by atoms with van der Waals surface area (Å²) < 4.78 is 0. The van der Waals surface area contributed by atoms with E-state index in [2.05, 4.69) is 25.6 Å². The van der Waals surface area contributed by atoms with Crippen LogP contribution in [0.1, 0.15) is 16.2 Å². The largest absolute Gasteiger partial charge is 0.368 e. The van der Waals surface area contributed by atoms with E-state index in [1.807, 2.05) is 24.3 Å². The average Bonchev–Trinajstić information content (AvgIpc) is 3.13. The monoisotopic (exact) mass is 255 g/mol. The van der Waals surface area contributed by atoms with Crippen molar-refractivity contribution in [2.45, 2.75) is 0 Å². The van der Waals surface area contributed by atoms with Crippen LogP contribution in [0.3, 0.4) is 0 Å². The molecule has 3 N–H and O–H groups in total. The number of aliphatic imine (C=N–C) groups is 1. The molecule has 0 atom stereocenters. The number of nitrogens with one attached hydrogen (secondary N) is 3. The van der Waals surface area contributed by atoms with Gasteiger partial charge in [0, 0.05) is 30.2 Å². The van der Waals surface area contributed by atoms with Crippen LogP contribution in [0.15, 0.2) is 41.7 Å². The van der Waals surface area contributed by atoms with Gasteiger partial charge in [-0.15, -0.1) is 0 Å². The normalized spacial score (nSPS) is 13.8. The Balaban J connectivity index is 1.71. The van der Waals surface area contributed by atoms with Crippen LogP contribution >= 0.6 is 0 Å². The lowest BCUT2D eigenvalue weighted by Crippen LogP contribution is -2.19. The van der Waals surface area contributed by atoms with Crippen molar-refractivity contribution in [3.63, 3.8) is 0 Å². The van der Waals surface area contributed by atoms with Gasteiger partial charge in [0.05, 0.1) is 6.54 Å². The summed E-state index contributed by atoms with van der Waals surface area (Å²) in [6.45, 7) is 1.69. The van der Waals surface area contributed by atoms with Gasteiger partial charge in [-0.2, -0.15) is 0 Å². The Kier molecular flexibility index (Phi) is 2.97. The zero-order valence-corrected chi connectivity index (χ0v) is 10.2. The lowest BCUT2D eigenvalue weighted by Gasteiger charge is -2.05. The third-order valence-corrected chi connectivity index (χ3v) is 2.80. The molecule has 0 saturated heterocycles. The molecule has 6 nitrogen and oxygen atoms in total. The first-order valence-corrected chi connectivity index (χ1v) is 6.02. The molecule has 1 amide bonds. The molecular formula is C13H13N5O. The summed E-state index contributed by atoms with van der Waals surface area (Å²) in [6.07, 6.45) is 3.16. The van der Waals surface area contributed by atoms with E-state index >= 15 is 0 Å². The fraction of sp³-hybridized carbons (Fsp3) is 0.154. The van der Waals surface area contributed by atoms with Crippen molar-refractivity contribution in [3.05, 3.63) is 48.0 Å². The molecule has 2 heterocycles. The first-order valence-electron chi connectivity index (χ1n) is 6.02. The van der Waals surface area contributed by atoms with E-state index in [0.29, 0.717) is 5.82 Å². The topological polar surface area (TPSA) is 82.2 Å². The van der Waals surface area contributed by atoms with Crippen LogP contribution < -0.4 is 10.6 Å². The molecule has 2 aromatic rings. The molecule has 0 spiro atoms. The van der Waals surface area contributed by atoms with E-state index in [4.69, 9.17) is 0 Å². The maximum absolute atomic E-state index is 11.8. The van der Waals surface area contributed by atoms with Gasteiger partial charge in [-0.3, -0.25) is 9.79 Å². The molecule has 1 aromatic heterocycles. The second kappa shape index (κ2) is 4.93. The first kappa shape index (κ1) is 11.5. The number of hydrogen-bond acceptors (Lipinski definition) is 4. The number of hydrogen-bond donors (Lipinski definition) is 3. The Bertz CT molecular complexity index is 600. The van der Waals surface area contributed by atoms with Crippen molar-refractivity contribution < 1.29 is 4.79 Å². The number of amidine groups is 1. The molecule has 0 bridgehead atoms. The lowest BCUT2D eigenvalue weighted by molar-refractivity contribution is 0.101. The molecular weight excluding hydrogens is 242 g/mol. The Morgan fingerprint density at radius 1 is 1.26 bits per heavy atom. The molecule has 0 radical (unpaired) electrons. The van der Waals surface area contributed by atoms with Crippen molar-refractivity contribution in [2.24, 2.45) is 4.99 Å². The molecule has 0 unspecified atom stereocenters. The van der Waals surface area contributed by atoms with Gasteiger partial charge in [0.2, 0.25) is 0 Å². The predicted octanol–water partition coefficient (Wildman–Crippen LogP) is 1.01. The van der Waals surface area contributed by atoms with Crippen LogP contribution in [0.4, 0.5) is 5.69 Å². The Labute approximate surface area is 110 Å². The maximum Gasteiger partial charge on any atom is 0.291 e.